The lowest BCUT2D eigenvalue weighted by Crippen LogP contribution is -2.00. The van der Waals surface area contributed by atoms with Crippen LogP contribution in [0.4, 0.5) is 0 Å². The van der Waals surface area contributed by atoms with Gasteiger partial charge in [-0.15, -0.1) is 11.3 Å². The van der Waals surface area contributed by atoms with Crippen LogP contribution in [0.1, 0.15) is 6.92 Å². The van der Waals surface area contributed by atoms with Crippen LogP contribution in [0.25, 0.3) is 21.2 Å². The van der Waals surface area contributed by atoms with Crippen molar-refractivity contribution >= 4 is 31.9 Å². The van der Waals surface area contributed by atoms with Gasteiger partial charge in [0.1, 0.15) is 4.21 Å². The maximum Gasteiger partial charge on any atom is 0.187 e. The van der Waals surface area contributed by atoms with Crippen LogP contribution >= 0.6 is 11.3 Å². The molecule has 0 spiro atoms. The number of fused-ring (bicyclic) bond motifs is 1. The molecule has 2 aromatic heterocycles. The molecule has 1 aromatic carbocycles. The molecule has 3 aromatic rings. The normalized spacial score (nSPS) is 11.8. The monoisotopic (exact) mass is 303 g/mol. The maximum atomic E-state index is 11.9. The van der Waals surface area contributed by atoms with Crippen LogP contribution in [0.2, 0.25) is 0 Å². The van der Waals surface area contributed by atoms with E-state index < -0.39 is 9.84 Å². The summed E-state index contributed by atoms with van der Waals surface area (Å²) in [6, 6.07) is 11.5. The van der Waals surface area contributed by atoms with Crippen LogP contribution in [0.5, 0.6) is 0 Å². The molecule has 0 saturated heterocycles. The number of hydrogen-bond donors (Lipinski definition) is 0. The van der Waals surface area contributed by atoms with Crippen molar-refractivity contribution in [3.8, 4) is 10.4 Å². The third kappa shape index (κ3) is 2.23. The summed E-state index contributed by atoms with van der Waals surface area (Å²) in [5, 5.41) is 2.14. The molecule has 0 atom stereocenters. The van der Waals surface area contributed by atoms with Crippen molar-refractivity contribution in [3.63, 3.8) is 0 Å². The van der Waals surface area contributed by atoms with E-state index in [9.17, 15) is 8.42 Å². The molecule has 5 heteroatoms. The number of pyridine rings is 1. The van der Waals surface area contributed by atoms with Gasteiger partial charge in [-0.05, 0) is 29.1 Å². The van der Waals surface area contributed by atoms with Crippen molar-refractivity contribution in [2.24, 2.45) is 0 Å². The minimum atomic E-state index is -3.13. The highest BCUT2D eigenvalue weighted by Gasteiger charge is 2.15. The lowest BCUT2D eigenvalue weighted by Gasteiger charge is -2.03. The first kappa shape index (κ1) is 13.3. The second-order valence-electron chi connectivity index (χ2n) is 4.42. The van der Waals surface area contributed by atoms with Gasteiger partial charge in [0.05, 0.1) is 5.75 Å². The molecule has 0 aliphatic heterocycles. The van der Waals surface area contributed by atoms with E-state index in [1.165, 1.54) is 11.3 Å². The molecule has 3 nitrogen and oxygen atoms in total. The number of rotatable bonds is 3. The van der Waals surface area contributed by atoms with E-state index in [0.717, 1.165) is 21.2 Å². The van der Waals surface area contributed by atoms with Gasteiger partial charge in [0.2, 0.25) is 0 Å². The van der Waals surface area contributed by atoms with E-state index in [-0.39, 0.29) is 5.75 Å². The fourth-order valence-corrected chi connectivity index (χ4v) is 4.58. The van der Waals surface area contributed by atoms with Gasteiger partial charge in [0.15, 0.2) is 9.84 Å². The second-order valence-corrected chi connectivity index (χ2v) is 8.01. The number of aromatic nitrogens is 1. The molecule has 0 aliphatic rings. The molecule has 0 saturated carbocycles. The van der Waals surface area contributed by atoms with E-state index in [2.05, 4.69) is 4.98 Å². The Hall–Kier alpha value is -1.72. The Balaban J connectivity index is 2.18. The standard InChI is InChI=1S/C15H13NO2S2/c1-2-20(17,18)15-7-6-14(19-15)13-5-3-4-11-10-16-9-8-12(11)13/h3-10H,2H2,1H3. The first-order chi connectivity index (χ1) is 9.62. The van der Waals surface area contributed by atoms with E-state index in [1.54, 1.807) is 19.2 Å². The quantitative estimate of drug-likeness (QED) is 0.740. The van der Waals surface area contributed by atoms with Crippen LogP contribution in [0.3, 0.4) is 0 Å². The van der Waals surface area contributed by atoms with E-state index >= 15 is 0 Å². The molecule has 3 rings (SSSR count). The average molecular weight is 303 g/mol. The Morgan fingerprint density at radius 1 is 1.15 bits per heavy atom. The molecule has 2 heterocycles. The lowest BCUT2D eigenvalue weighted by molar-refractivity contribution is 0.599. The Labute approximate surface area is 121 Å². The van der Waals surface area contributed by atoms with Crippen molar-refractivity contribution in [2.75, 3.05) is 5.75 Å². The topological polar surface area (TPSA) is 47.0 Å². The van der Waals surface area contributed by atoms with Crippen LogP contribution < -0.4 is 0 Å². The predicted molar refractivity (Wildman–Crippen MR) is 82.8 cm³/mol. The first-order valence-electron chi connectivity index (χ1n) is 6.27. The Bertz CT molecular complexity index is 861. The molecule has 102 valence electrons. The van der Waals surface area contributed by atoms with Crippen LogP contribution in [-0.2, 0) is 9.84 Å². The first-order valence-corrected chi connectivity index (χ1v) is 8.74. The summed E-state index contributed by atoms with van der Waals surface area (Å²) in [6.07, 6.45) is 3.57. The highest BCUT2D eigenvalue weighted by atomic mass is 32.2. The molecule has 0 amide bonds. The smallest absolute Gasteiger partial charge is 0.187 e. The molecule has 0 N–H and O–H groups in total. The van der Waals surface area contributed by atoms with Gasteiger partial charge >= 0.3 is 0 Å². The van der Waals surface area contributed by atoms with Gasteiger partial charge in [0.25, 0.3) is 0 Å². The zero-order valence-corrected chi connectivity index (χ0v) is 12.5. The predicted octanol–water partition coefficient (Wildman–Crippen LogP) is 3.76. The minimum Gasteiger partial charge on any atom is -0.264 e. The number of nitrogens with zero attached hydrogens (tertiary/aromatic N) is 1. The molecule has 0 aliphatic carbocycles. The zero-order chi connectivity index (χ0) is 14.2. The molecule has 0 unspecified atom stereocenters. The van der Waals surface area contributed by atoms with Gasteiger partial charge in [0, 0.05) is 22.7 Å². The fourth-order valence-electron chi connectivity index (χ4n) is 2.11. The molecular formula is C15H13NO2S2. The van der Waals surface area contributed by atoms with E-state index in [1.807, 2.05) is 36.5 Å². The van der Waals surface area contributed by atoms with Crippen molar-refractivity contribution in [1.82, 2.24) is 4.98 Å². The Morgan fingerprint density at radius 2 is 2.00 bits per heavy atom. The fraction of sp³-hybridized carbons (Fsp3) is 0.133. The highest BCUT2D eigenvalue weighted by Crippen LogP contribution is 2.35. The average Bonchev–Trinajstić information content (AvgIpc) is 2.97. The maximum absolute atomic E-state index is 11.9. The van der Waals surface area contributed by atoms with Gasteiger partial charge in [-0.1, -0.05) is 25.1 Å². The Kier molecular flexibility index (Phi) is 3.31. The van der Waals surface area contributed by atoms with Crippen molar-refractivity contribution < 1.29 is 8.42 Å². The number of thiophene rings is 1. The molecule has 20 heavy (non-hydrogen) atoms. The lowest BCUT2D eigenvalue weighted by atomic mass is 10.1. The molecule has 0 radical (unpaired) electrons. The summed E-state index contributed by atoms with van der Waals surface area (Å²) in [5.74, 6) is 0.131. The SMILES string of the molecule is CCS(=O)(=O)c1ccc(-c2cccc3cnccc23)s1. The van der Waals surface area contributed by atoms with Crippen LogP contribution in [0, 0.1) is 0 Å². The van der Waals surface area contributed by atoms with Crippen molar-refractivity contribution in [2.45, 2.75) is 11.1 Å². The minimum absolute atomic E-state index is 0.131. The van der Waals surface area contributed by atoms with Crippen LogP contribution in [-0.4, -0.2) is 19.2 Å². The van der Waals surface area contributed by atoms with Gasteiger partial charge < -0.3 is 0 Å². The largest absolute Gasteiger partial charge is 0.264 e. The summed E-state index contributed by atoms with van der Waals surface area (Å²) < 4.78 is 24.3. The summed E-state index contributed by atoms with van der Waals surface area (Å²) in [4.78, 5) is 5.08. The summed E-state index contributed by atoms with van der Waals surface area (Å²) in [6.45, 7) is 1.66. The van der Waals surface area contributed by atoms with Gasteiger partial charge in [-0.25, -0.2) is 8.42 Å². The molecule has 0 fully saturated rings. The summed E-state index contributed by atoms with van der Waals surface area (Å²) in [7, 11) is -3.13. The van der Waals surface area contributed by atoms with Gasteiger partial charge in [-0.2, -0.15) is 0 Å². The third-order valence-electron chi connectivity index (χ3n) is 3.21. The summed E-state index contributed by atoms with van der Waals surface area (Å²) in [5.41, 5.74) is 1.05. The molecular weight excluding hydrogens is 290 g/mol. The third-order valence-corrected chi connectivity index (χ3v) is 6.65. The zero-order valence-electron chi connectivity index (χ0n) is 10.9. The summed E-state index contributed by atoms with van der Waals surface area (Å²) >= 11 is 1.32. The van der Waals surface area contributed by atoms with Crippen LogP contribution in [0.15, 0.2) is 53.0 Å². The Morgan fingerprint density at radius 3 is 2.80 bits per heavy atom. The van der Waals surface area contributed by atoms with Crippen molar-refractivity contribution in [1.29, 1.82) is 0 Å². The van der Waals surface area contributed by atoms with Gasteiger partial charge in [-0.3, -0.25) is 4.98 Å². The number of benzene rings is 1. The van der Waals surface area contributed by atoms with E-state index in [0.29, 0.717) is 4.21 Å². The second kappa shape index (κ2) is 5.00. The number of sulfone groups is 1. The number of hydrogen-bond acceptors (Lipinski definition) is 4. The van der Waals surface area contributed by atoms with Crippen molar-refractivity contribution in [3.05, 3.63) is 48.8 Å². The molecule has 0 bridgehead atoms. The highest BCUT2D eigenvalue weighted by molar-refractivity contribution is 7.93. The van der Waals surface area contributed by atoms with E-state index in [4.69, 9.17) is 0 Å².